The van der Waals surface area contributed by atoms with Gasteiger partial charge in [-0.05, 0) is 18.2 Å². The van der Waals surface area contributed by atoms with Crippen molar-refractivity contribution in [1.29, 1.82) is 0 Å². The van der Waals surface area contributed by atoms with Crippen molar-refractivity contribution in [3.8, 4) is 0 Å². The van der Waals surface area contributed by atoms with E-state index in [9.17, 15) is 4.39 Å². The summed E-state index contributed by atoms with van der Waals surface area (Å²) in [6.45, 7) is 5.98. The third-order valence-corrected chi connectivity index (χ3v) is 2.83. The highest BCUT2D eigenvalue weighted by Crippen LogP contribution is 2.11. The summed E-state index contributed by atoms with van der Waals surface area (Å²) in [5.41, 5.74) is 0.948. The van der Waals surface area contributed by atoms with E-state index in [-0.39, 0.29) is 5.82 Å². The Labute approximate surface area is 89.3 Å². The standard InChI is InChI=1S/C11H16FN3/c1-2-15(11-6-14-7-11)8-9-3-10(12)5-13-4-9/h3-5,11,14H,2,6-8H2,1H3. The van der Waals surface area contributed by atoms with Crippen LogP contribution in [0.3, 0.4) is 0 Å². The highest BCUT2D eigenvalue weighted by Gasteiger charge is 2.23. The Balaban J connectivity index is 1.99. The summed E-state index contributed by atoms with van der Waals surface area (Å²) in [5.74, 6) is -0.254. The number of nitrogens with zero attached hydrogens (tertiary/aromatic N) is 2. The van der Waals surface area contributed by atoms with Crippen LogP contribution in [0.15, 0.2) is 18.5 Å². The van der Waals surface area contributed by atoms with Gasteiger partial charge in [-0.25, -0.2) is 4.39 Å². The van der Waals surface area contributed by atoms with Crippen molar-refractivity contribution < 1.29 is 4.39 Å². The largest absolute Gasteiger partial charge is 0.314 e. The Bertz CT molecular complexity index is 325. The molecule has 1 aromatic rings. The molecular formula is C11H16FN3. The molecule has 1 aromatic heterocycles. The second kappa shape index (κ2) is 4.68. The maximum atomic E-state index is 12.9. The fourth-order valence-electron chi connectivity index (χ4n) is 1.81. The van der Waals surface area contributed by atoms with Crippen LogP contribution in [0.2, 0.25) is 0 Å². The summed E-state index contributed by atoms with van der Waals surface area (Å²) >= 11 is 0. The second-order valence-corrected chi connectivity index (χ2v) is 3.89. The van der Waals surface area contributed by atoms with E-state index in [1.807, 2.05) is 0 Å². The van der Waals surface area contributed by atoms with Gasteiger partial charge in [-0.2, -0.15) is 0 Å². The number of aromatic nitrogens is 1. The summed E-state index contributed by atoms with van der Waals surface area (Å²) in [6.07, 6.45) is 2.97. The first-order valence-corrected chi connectivity index (χ1v) is 5.33. The van der Waals surface area contributed by atoms with Crippen LogP contribution in [0.5, 0.6) is 0 Å². The zero-order chi connectivity index (χ0) is 10.7. The molecule has 0 aliphatic carbocycles. The van der Waals surface area contributed by atoms with Crippen molar-refractivity contribution >= 4 is 0 Å². The van der Waals surface area contributed by atoms with Gasteiger partial charge in [0.1, 0.15) is 5.82 Å². The van der Waals surface area contributed by atoms with Gasteiger partial charge >= 0.3 is 0 Å². The predicted molar refractivity (Wildman–Crippen MR) is 56.9 cm³/mol. The van der Waals surface area contributed by atoms with Gasteiger partial charge in [0.25, 0.3) is 0 Å². The molecule has 0 spiro atoms. The fraction of sp³-hybridized carbons (Fsp3) is 0.545. The highest BCUT2D eigenvalue weighted by molar-refractivity contribution is 5.10. The monoisotopic (exact) mass is 209 g/mol. The normalized spacial score (nSPS) is 16.7. The predicted octanol–water partition coefficient (Wildman–Crippen LogP) is 1.01. The molecule has 1 aliphatic rings. The van der Waals surface area contributed by atoms with Crippen molar-refractivity contribution in [1.82, 2.24) is 15.2 Å². The molecule has 2 rings (SSSR count). The molecule has 3 nitrogen and oxygen atoms in total. The molecule has 4 heteroatoms. The summed E-state index contributed by atoms with van der Waals surface area (Å²) in [6, 6.07) is 2.15. The van der Waals surface area contributed by atoms with E-state index in [0.29, 0.717) is 6.04 Å². The highest BCUT2D eigenvalue weighted by atomic mass is 19.1. The third kappa shape index (κ3) is 2.52. The first kappa shape index (κ1) is 10.5. The van der Waals surface area contributed by atoms with Crippen LogP contribution in [0.1, 0.15) is 12.5 Å². The SMILES string of the molecule is CCN(Cc1cncc(F)c1)C1CNC1. The number of hydrogen-bond acceptors (Lipinski definition) is 3. The van der Waals surface area contributed by atoms with E-state index in [2.05, 4.69) is 22.1 Å². The minimum atomic E-state index is -0.254. The molecule has 1 fully saturated rings. The van der Waals surface area contributed by atoms with Gasteiger partial charge < -0.3 is 5.32 Å². The number of hydrogen-bond donors (Lipinski definition) is 1. The Morgan fingerprint density at radius 3 is 2.87 bits per heavy atom. The zero-order valence-corrected chi connectivity index (χ0v) is 8.91. The Hall–Kier alpha value is -1.00. The van der Waals surface area contributed by atoms with Crippen LogP contribution in [0, 0.1) is 5.82 Å². The van der Waals surface area contributed by atoms with E-state index in [1.165, 1.54) is 6.20 Å². The minimum Gasteiger partial charge on any atom is -0.314 e. The van der Waals surface area contributed by atoms with Crippen LogP contribution in [0.4, 0.5) is 4.39 Å². The van der Waals surface area contributed by atoms with Gasteiger partial charge in [0.15, 0.2) is 0 Å². The first-order chi connectivity index (χ1) is 7.29. The lowest BCUT2D eigenvalue weighted by atomic mass is 10.1. The van der Waals surface area contributed by atoms with E-state index in [4.69, 9.17) is 0 Å². The summed E-state index contributed by atoms with van der Waals surface area (Å²) in [4.78, 5) is 6.20. The molecule has 0 atom stereocenters. The van der Waals surface area contributed by atoms with Gasteiger partial charge in [0.05, 0.1) is 6.20 Å². The van der Waals surface area contributed by atoms with Gasteiger partial charge in [-0.1, -0.05) is 6.92 Å². The molecular weight excluding hydrogens is 193 g/mol. The fourth-order valence-corrected chi connectivity index (χ4v) is 1.81. The van der Waals surface area contributed by atoms with Crippen molar-refractivity contribution in [2.24, 2.45) is 0 Å². The molecule has 0 bridgehead atoms. The molecule has 15 heavy (non-hydrogen) atoms. The number of likely N-dealkylation sites (N-methyl/N-ethyl adjacent to an activating group) is 1. The van der Waals surface area contributed by atoms with Crippen LogP contribution < -0.4 is 5.32 Å². The first-order valence-electron chi connectivity index (χ1n) is 5.33. The molecule has 0 aromatic carbocycles. The summed E-state index contributed by atoms with van der Waals surface area (Å²) in [5, 5.41) is 3.24. The number of halogens is 1. The van der Waals surface area contributed by atoms with E-state index < -0.39 is 0 Å². The molecule has 1 aliphatic heterocycles. The van der Waals surface area contributed by atoms with Gasteiger partial charge in [-0.15, -0.1) is 0 Å². The number of rotatable bonds is 4. The molecule has 2 heterocycles. The minimum absolute atomic E-state index is 0.254. The van der Waals surface area contributed by atoms with E-state index >= 15 is 0 Å². The smallest absolute Gasteiger partial charge is 0.141 e. The molecule has 1 saturated heterocycles. The summed E-state index contributed by atoms with van der Waals surface area (Å²) < 4.78 is 12.9. The van der Waals surface area contributed by atoms with Crippen LogP contribution in [-0.2, 0) is 6.54 Å². The average Bonchev–Trinajstić information content (AvgIpc) is 2.14. The zero-order valence-electron chi connectivity index (χ0n) is 8.91. The average molecular weight is 209 g/mol. The van der Waals surface area contributed by atoms with Gasteiger partial charge in [0, 0.05) is 31.9 Å². The van der Waals surface area contributed by atoms with E-state index in [0.717, 1.165) is 31.7 Å². The lowest BCUT2D eigenvalue weighted by molar-refractivity contribution is 0.145. The van der Waals surface area contributed by atoms with Crippen LogP contribution in [0.25, 0.3) is 0 Å². The van der Waals surface area contributed by atoms with Crippen molar-refractivity contribution in [3.05, 3.63) is 29.8 Å². The lowest BCUT2D eigenvalue weighted by Crippen LogP contribution is -2.56. The summed E-state index contributed by atoms with van der Waals surface area (Å²) in [7, 11) is 0. The Morgan fingerprint density at radius 2 is 2.33 bits per heavy atom. The van der Waals surface area contributed by atoms with E-state index in [1.54, 1.807) is 12.3 Å². The van der Waals surface area contributed by atoms with Crippen molar-refractivity contribution in [2.75, 3.05) is 19.6 Å². The molecule has 0 unspecified atom stereocenters. The van der Waals surface area contributed by atoms with Gasteiger partial charge in [-0.3, -0.25) is 9.88 Å². The molecule has 1 N–H and O–H groups in total. The maximum Gasteiger partial charge on any atom is 0.141 e. The van der Waals surface area contributed by atoms with Crippen molar-refractivity contribution in [2.45, 2.75) is 19.5 Å². The molecule has 0 saturated carbocycles. The second-order valence-electron chi connectivity index (χ2n) is 3.89. The van der Waals surface area contributed by atoms with Crippen LogP contribution >= 0.6 is 0 Å². The Kier molecular flexibility index (Phi) is 3.28. The topological polar surface area (TPSA) is 28.2 Å². The van der Waals surface area contributed by atoms with Crippen LogP contribution in [-0.4, -0.2) is 35.6 Å². The quantitative estimate of drug-likeness (QED) is 0.802. The van der Waals surface area contributed by atoms with Gasteiger partial charge in [0.2, 0.25) is 0 Å². The maximum absolute atomic E-state index is 12.9. The van der Waals surface area contributed by atoms with Crippen molar-refractivity contribution in [3.63, 3.8) is 0 Å². The molecule has 82 valence electrons. The molecule has 0 radical (unpaired) electrons. The number of nitrogens with one attached hydrogen (secondary N) is 1. The third-order valence-electron chi connectivity index (χ3n) is 2.83. The Morgan fingerprint density at radius 1 is 1.53 bits per heavy atom. The number of pyridine rings is 1. The molecule has 0 amide bonds. The lowest BCUT2D eigenvalue weighted by Gasteiger charge is -2.37.